The van der Waals surface area contributed by atoms with Crippen molar-refractivity contribution in [3.8, 4) is 11.6 Å². The van der Waals surface area contributed by atoms with Crippen LogP contribution in [0.15, 0.2) is 42.7 Å². The van der Waals surface area contributed by atoms with Gasteiger partial charge in [0.1, 0.15) is 11.4 Å². The first-order valence-corrected chi connectivity index (χ1v) is 10.2. The number of likely N-dealkylation sites (tertiary alicyclic amines) is 1. The number of aryl methyl sites for hydroxylation is 1. The van der Waals surface area contributed by atoms with E-state index in [0.717, 1.165) is 61.3 Å². The van der Waals surface area contributed by atoms with Gasteiger partial charge in [-0.2, -0.15) is 5.10 Å². The van der Waals surface area contributed by atoms with Gasteiger partial charge < -0.3 is 9.64 Å². The molecule has 1 aromatic carbocycles. The minimum atomic E-state index is 0.0171. The van der Waals surface area contributed by atoms with Gasteiger partial charge in [-0.15, -0.1) is 0 Å². The first-order valence-electron chi connectivity index (χ1n) is 10.2. The molecule has 29 heavy (non-hydrogen) atoms. The smallest absolute Gasteiger partial charge is 0.274 e. The lowest BCUT2D eigenvalue weighted by atomic mass is 9.94. The Labute approximate surface area is 169 Å². The topological polar surface area (TPSA) is 84.0 Å². The Balaban J connectivity index is 1.36. The number of aromatic nitrogens is 4. The second-order valence-corrected chi connectivity index (χ2v) is 7.64. The molecule has 3 heterocycles. The summed E-state index contributed by atoms with van der Waals surface area (Å²) in [5, 5.41) is 7.36. The quantitative estimate of drug-likeness (QED) is 0.738. The van der Waals surface area contributed by atoms with Gasteiger partial charge in [0.25, 0.3) is 5.91 Å². The number of ether oxygens (including phenoxy) is 1. The largest absolute Gasteiger partial charge is 0.437 e. The minimum Gasteiger partial charge on any atom is -0.437 e. The summed E-state index contributed by atoms with van der Waals surface area (Å²) in [6, 6.07) is 9.59. The van der Waals surface area contributed by atoms with Crippen LogP contribution in [0.4, 0.5) is 0 Å². The van der Waals surface area contributed by atoms with Crippen LogP contribution < -0.4 is 4.74 Å². The van der Waals surface area contributed by atoms with E-state index in [9.17, 15) is 4.79 Å². The number of carbonyl (C=O) groups is 1. The van der Waals surface area contributed by atoms with Crippen molar-refractivity contribution >= 4 is 5.91 Å². The third-order valence-corrected chi connectivity index (χ3v) is 5.75. The highest BCUT2D eigenvalue weighted by atomic mass is 16.5. The molecule has 148 valence electrons. The number of nitrogens with one attached hydrogen (secondary N) is 1. The van der Waals surface area contributed by atoms with Crippen molar-refractivity contribution in [2.24, 2.45) is 0 Å². The van der Waals surface area contributed by atoms with Crippen LogP contribution in [0.25, 0.3) is 0 Å². The number of H-pyrrole nitrogens is 1. The molecule has 1 aliphatic heterocycles. The van der Waals surface area contributed by atoms with Crippen LogP contribution in [0.3, 0.4) is 0 Å². The fraction of sp³-hybridized carbons (Fsp3) is 0.364. The fourth-order valence-electron chi connectivity index (χ4n) is 4.33. The van der Waals surface area contributed by atoms with Gasteiger partial charge in [-0.1, -0.05) is 18.2 Å². The van der Waals surface area contributed by atoms with Gasteiger partial charge in [0.2, 0.25) is 5.88 Å². The van der Waals surface area contributed by atoms with Crippen LogP contribution in [0.2, 0.25) is 0 Å². The number of hydrogen-bond acceptors (Lipinski definition) is 5. The number of amides is 1. The lowest BCUT2D eigenvalue weighted by Crippen LogP contribution is -2.40. The molecule has 1 N–H and O–H groups in total. The highest BCUT2D eigenvalue weighted by molar-refractivity contribution is 5.94. The van der Waals surface area contributed by atoms with E-state index in [1.807, 2.05) is 35.2 Å². The Kier molecular flexibility index (Phi) is 4.71. The molecular formula is C22H23N5O2. The number of benzene rings is 1. The van der Waals surface area contributed by atoms with Gasteiger partial charge in [-0.05, 0) is 44.2 Å². The molecule has 2 aliphatic rings. The lowest BCUT2D eigenvalue weighted by Gasteiger charge is -2.32. The summed E-state index contributed by atoms with van der Waals surface area (Å²) in [5.41, 5.74) is 3.62. The number of fused-ring (bicyclic) bond motifs is 1. The number of hydrogen-bond donors (Lipinski definition) is 1. The normalized spacial score (nSPS) is 18.5. The molecule has 7 heteroatoms. The second kappa shape index (κ2) is 7.66. The summed E-state index contributed by atoms with van der Waals surface area (Å²) in [5.74, 6) is 1.35. The van der Waals surface area contributed by atoms with Crippen LogP contribution in [0.5, 0.6) is 11.6 Å². The predicted octanol–water partition coefficient (Wildman–Crippen LogP) is 3.50. The standard InChI is InChI=1S/C22H23N5O2/c28-22(20-17-9-4-10-18(17)25-26-20)27-13-5-6-15(14-27)19-21(24-12-11-23-19)29-16-7-2-1-3-8-16/h1-3,7-8,11-12,15H,4-6,9-10,13-14H2,(H,25,26). The van der Waals surface area contributed by atoms with Crippen molar-refractivity contribution < 1.29 is 9.53 Å². The van der Waals surface area contributed by atoms with Crippen molar-refractivity contribution in [2.45, 2.75) is 38.0 Å². The highest BCUT2D eigenvalue weighted by Gasteiger charge is 2.32. The van der Waals surface area contributed by atoms with Crippen molar-refractivity contribution in [3.63, 3.8) is 0 Å². The van der Waals surface area contributed by atoms with Crippen molar-refractivity contribution in [1.82, 2.24) is 25.1 Å². The third kappa shape index (κ3) is 3.48. The van der Waals surface area contributed by atoms with E-state index in [1.165, 1.54) is 0 Å². The zero-order valence-corrected chi connectivity index (χ0v) is 16.2. The number of nitrogens with zero attached hydrogens (tertiary/aromatic N) is 4. The molecule has 0 bridgehead atoms. The van der Waals surface area contributed by atoms with Gasteiger partial charge in [0, 0.05) is 42.7 Å². The zero-order valence-electron chi connectivity index (χ0n) is 16.2. The molecule has 1 saturated heterocycles. The highest BCUT2D eigenvalue weighted by Crippen LogP contribution is 2.33. The number of para-hydroxylation sites is 1. The van der Waals surface area contributed by atoms with E-state index in [2.05, 4.69) is 20.2 Å². The average molecular weight is 389 g/mol. The molecule has 5 rings (SSSR count). The molecule has 1 unspecified atom stereocenters. The Bertz CT molecular complexity index is 1020. The van der Waals surface area contributed by atoms with E-state index >= 15 is 0 Å². The SMILES string of the molecule is O=C(c1n[nH]c2c1CCC2)N1CCCC(c2nccnc2Oc2ccccc2)C1. The molecule has 3 aromatic rings. The van der Waals surface area contributed by atoms with E-state index in [-0.39, 0.29) is 11.8 Å². The first kappa shape index (κ1) is 17.8. The van der Waals surface area contributed by atoms with Crippen LogP contribution in [0.1, 0.15) is 52.6 Å². The van der Waals surface area contributed by atoms with Gasteiger partial charge >= 0.3 is 0 Å². The number of aromatic amines is 1. The van der Waals surface area contributed by atoms with E-state index < -0.39 is 0 Å². The molecule has 0 saturated carbocycles. The molecule has 0 spiro atoms. The minimum absolute atomic E-state index is 0.0171. The monoisotopic (exact) mass is 389 g/mol. The summed E-state index contributed by atoms with van der Waals surface area (Å²) < 4.78 is 6.00. The van der Waals surface area contributed by atoms with Gasteiger partial charge in [-0.3, -0.25) is 14.9 Å². The number of piperidine rings is 1. The molecule has 1 fully saturated rings. The summed E-state index contributed by atoms with van der Waals surface area (Å²) in [4.78, 5) is 24.0. The summed E-state index contributed by atoms with van der Waals surface area (Å²) in [6.07, 6.45) is 8.21. The number of carbonyl (C=O) groups excluding carboxylic acids is 1. The maximum absolute atomic E-state index is 13.1. The van der Waals surface area contributed by atoms with Crippen molar-refractivity contribution in [2.75, 3.05) is 13.1 Å². The van der Waals surface area contributed by atoms with Gasteiger partial charge in [-0.25, -0.2) is 4.98 Å². The lowest BCUT2D eigenvalue weighted by molar-refractivity contribution is 0.0697. The molecule has 1 amide bonds. The number of rotatable bonds is 4. The summed E-state index contributed by atoms with van der Waals surface area (Å²) in [6.45, 7) is 1.34. The Morgan fingerprint density at radius 3 is 2.86 bits per heavy atom. The maximum Gasteiger partial charge on any atom is 0.274 e. The summed E-state index contributed by atoms with van der Waals surface area (Å²) in [7, 11) is 0. The zero-order chi connectivity index (χ0) is 19.6. The molecule has 1 atom stereocenters. The van der Waals surface area contributed by atoms with Crippen LogP contribution in [-0.4, -0.2) is 44.1 Å². The third-order valence-electron chi connectivity index (χ3n) is 5.75. The van der Waals surface area contributed by atoms with Crippen molar-refractivity contribution in [3.05, 3.63) is 65.4 Å². The molecular weight excluding hydrogens is 366 g/mol. The van der Waals surface area contributed by atoms with E-state index in [0.29, 0.717) is 18.1 Å². The second-order valence-electron chi connectivity index (χ2n) is 7.64. The molecule has 1 aliphatic carbocycles. The Morgan fingerprint density at radius 2 is 1.97 bits per heavy atom. The first-order chi connectivity index (χ1) is 14.3. The van der Waals surface area contributed by atoms with Crippen molar-refractivity contribution in [1.29, 1.82) is 0 Å². The summed E-state index contributed by atoms with van der Waals surface area (Å²) >= 11 is 0. The van der Waals surface area contributed by atoms with Gasteiger partial charge in [0.15, 0.2) is 5.69 Å². The van der Waals surface area contributed by atoms with E-state index in [1.54, 1.807) is 12.4 Å². The molecule has 0 radical (unpaired) electrons. The maximum atomic E-state index is 13.1. The Morgan fingerprint density at radius 1 is 1.10 bits per heavy atom. The molecule has 2 aromatic heterocycles. The van der Waals surface area contributed by atoms with Crippen LogP contribution >= 0.6 is 0 Å². The fourth-order valence-corrected chi connectivity index (χ4v) is 4.33. The van der Waals surface area contributed by atoms with Gasteiger partial charge in [0.05, 0.1) is 0 Å². The average Bonchev–Trinajstić information content (AvgIpc) is 3.39. The predicted molar refractivity (Wildman–Crippen MR) is 107 cm³/mol. The van der Waals surface area contributed by atoms with Crippen LogP contribution in [0, 0.1) is 0 Å². The molecule has 7 nitrogen and oxygen atoms in total. The Hall–Kier alpha value is -3.22. The van der Waals surface area contributed by atoms with Crippen LogP contribution in [-0.2, 0) is 12.8 Å². The van der Waals surface area contributed by atoms with E-state index in [4.69, 9.17) is 4.74 Å².